The van der Waals surface area contributed by atoms with Crippen LogP contribution in [0.3, 0.4) is 0 Å². The van der Waals surface area contributed by atoms with Crippen LogP contribution in [0.4, 0.5) is 0 Å². The average Bonchev–Trinajstić information content (AvgIpc) is 3.04. The minimum Gasteiger partial charge on any atom is -0.508 e. The van der Waals surface area contributed by atoms with E-state index < -0.39 is 0 Å². The second-order valence-electron chi connectivity index (χ2n) is 7.11. The molecule has 1 aliphatic heterocycles. The second-order valence-corrected chi connectivity index (χ2v) is 7.11. The highest BCUT2D eigenvalue weighted by Gasteiger charge is 2.21. The SMILES string of the molecule is CC(C)c1nnc(CN2CCC(CCc3ccc(O)cc3)CC2)o1. The molecule has 1 aromatic carbocycles. The molecule has 0 spiro atoms. The Balaban J connectivity index is 1.41. The lowest BCUT2D eigenvalue weighted by Crippen LogP contribution is -2.33. The van der Waals surface area contributed by atoms with Gasteiger partial charge in [0.25, 0.3) is 0 Å². The van der Waals surface area contributed by atoms with Gasteiger partial charge >= 0.3 is 0 Å². The van der Waals surface area contributed by atoms with E-state index in [0.29, 0.717) is 5.75 Å². The summed E-state index contributed by atoms with van der Waals surface area (Å²) in [5.74, 6) is 2.88. The molecule has 1 saturated heterocycles. The van der Waals surface area contributed by atoms with E-state index >= 15 is 0 Å². The highest BCUT2D eigenvalue weighted by atomic mass is 16.4. The number of phenols is 1. The van der Waals surface area contributed by atoms with Crippen molar-refractivity contribution in [2.45, 2.75) is 52.0 Å². The summed E-state index contributed by atoms with van der Waals surface area (Å²) in [6.07, 6.45) is 4.76. The molecule has 24 heavy (non-hydrogen) atoms. The Morgan fingerprint density at radius 1 is 1.17 bits per heavy atom. The van der Waals surface area contributed by atoms with E-state index in [1.165, 1.54) is 24.8 Å². The molecule has 5 nitrogen and oxygen atoms in total. The molecule has 2 aromatic rings. The van der Waals surface area contributed by atoms with Gasteiger partial charge in [-0.2, -0.15) is 0 Å². The van der Waals surface area contributed by atoms with Gasteiger partial charge in [-0.3, -0.25) is 4.90 Å². The third kappa shape index (κ3) is 4.57. The van der Waals surface area contributed by atoms with E-state index in [-0.39, 0.29) is 5.92 Å². The minimum atomic E-state index is 0.289. The lowest BCUT2D eigenvalue weighted by molar-refractivity contribution is 0.158. The Labute approximate surface area is 143 Å². The third-order valence-corrected chi connectivity index (χ3v) is 4.82. The van der Waals surface area contributed by atoms with Crippen LogP contribution in [0.5, 0.6) is 5.75 Å². The van der Waals surface area contributed by atoms with Crippen LogP contribution in [0, 0.1) is 5.92 Å². The molecular weight excluding hydrogens is 302 g/mol. The molecule has 0 saturated carbocycles. The molecule has 0 unspecified atom stereocenters. The first kappa shape index (κ1) is 17.0. The van der Waals surface area contributed by atoms with Crippen LogP contribution in [-0.2, 0) is 13.0 Å². The van der Waals surface area contributed by atoms with Crippen molar-refractivity contribution in [2.24, 2.45) is 5.92 Å². The first-order chi connectivity index (χ1) is 11.6. The summed E-state index contributed by atoms with van der Waals surface area (Å²) in [7, 11) is 0. The summed E-state index contributed by atoms with van der Waals surface area (Å²) in [6, 6.07) is 7.58. The molecule has 0 aliphatic carbocycles. The quantitative estimate of drug-likeness (QED) is 0.874. The van der Waals surface area contributed by atoms with Crippen LogP contribution >= 0.6 is 0 Å². The van der Waals surface area contributed by atoms with Gasteiger partial charge in [-0.25, -0.2) is 0 Å². The van der Waals surface area contributed by atoms with Gasteiger partial charge in [-0.1, -0.05) is 26.0 Å². The third-order valence-electron chi connectivity index (χ3n) is 4.82. The van der Waals surface area contributed by atoms with Crippen LogP contribution in [0.2, 0.25) is 0 Å². The zero-order valence-corrected chi connectivity index (χ0v) is 14.6. The van der Waals surface area contributed by atoms with Crippen LogP contribution in [0.15, 0.2) is 28.7 Å². The van der Waals surface area contributed by atoms with E-state index in [1.54, 1.807) is 12.1 Å². The van der Waals surface area contributed by atoms with Crippen LogP contribution < -0.4 is 0 Å². The van der Waals surface area contributed by atoms with Crippen LogP contribution in [0.1, 0.15) is 56.4 Å². The lowest BCUT2D eigenvalue weighted by Gasteiger charge is -2.31. The van der Waals surface area contributed by atoms with Gasteiger partial charge in [-0.15, -0.1) is 10.2 Å². The molecule has 1 fully saturated rings. The largest absolute Gasteiger partial charge is 0.508 e. The molecule has 1 aromatic heterocycles. The van der Waals surface area contributed by atoms with Gasteiger partial charge in [0, 0.05) is 5.92 Å². The fraction of sp³-hybridized carbons (Fsp3) is 0.579. The van der Waals surface area contributed by atoms with Crippen LogP contribution in [-0.4, -0.2) is 33.3 Å². The molecule has 130 valence electrons. The van der Waals surface area contributed by atoms with Gasteiger partial charge in [-0.05, 0) is 62.4 Å². The average molecular weight is 329 g/mol. The van der Waals surface area contributed by atoms with Gasteiger partial charge in [0.05, 0.1) is 6.54 Å². The summed E-state index contributed by atoms with van der Waals surface area (Å²) in [4.78, 5) is 2.41. The number of aryl methyl sites for hydroxylation is 1. The Bertz CT molecular complexity index is 628. The normalized spacial score (nSPS) is 16.8. The van der Waals surface area contributed by atoms with Crippen molar-refractivity contribution < 1.29 is 9.52 Å². The maximum atomic E-state index is 9.33. The van der Waals surface area contributed by atoms with Crippen molar-refractivity contribution in [3.63, 3.8) is 0 Å². The van der Waals surface area contributed by atoms with E-state index in [2.05, 4.69) is 28.9 Å². The summed E-state index contributed by atoms with van der Waals surface area (Å²) < 4.78 is 5.71. The highest BCUT2D eigenvalue weighted by Crippen LogP contribution is 2.24. The fourth-order valence-electron chi connectivity index (χ4n) is 3.22. The topological polar surface area (TPSA) is 62.4 Å². The first-order valence-electron chi connectivity index (χ1n) is 8.92. The number of benzene rings is 1. The number of hydrogen-bond donors (Lipinski definition) is 1. The number of nitrogens with zero attached hydrogens (tertiary/aromatic N) is 3. The Kier molecular flexibility index (Phi) is 5.51. The number of aromatic nitrogens is 2. The zero-order chi connectivity index (χ0) is 16.9. The smallest absolute Gasteiger partial charge is 0.230 e. The van der Waals surface area contributed by atoms with Gasteiger partial charge in [0.15, 0.2) is 0 Å². The number of likely N-dealkylation sites (tertiary alicyclic amines) is 1. The first-order valence-corrected chi connectivity index (χ1v) is 8.92. The highest BCUT2D eigenvalue weighted by molar-refractivity contribution is 5.25. The standard InChI is InChI=1S/C19H27N3O2/c1-14(2)19-21-20-18(24-19)13-22-11-9-16(10-12-22)4-3-15-5-7-17(23)8-6-15/h5-8,14,16,23H,3-4,9-13H2,1-2H3. The molecule has 0 atom stereocenters. The van der Waals surface area contributed by atoms with E-state index in [4.69, 9.17) is 4.42 Å². The fourth-order valence-corrected chi connectivity index (χ4v) is 3.22. The predicted octanol–water partition coefficient (Wildman–Crippen LogP) is 3.74. The number of hydrogen-bond acceptors (Lipinski definition) is 5. The summed E-state index contributed by atoms with van der Waals surface area (Å²) in [5.41, 5.74) is 1.31. The van der Waals surface area contributed by atoms with E-state index in [9.17, 15) is 5.11 Å². The van der Waals surface area contributed by atoms with E-state index in [0.717, 1.165) is 43.8 Å². The molecule has 2 heterocycles. The zero-order valence-electron chi connectivity index (χ0n) is 14.6. The lowest BCUT2D eigenvalue weighted by atomic mass is 9.90. The Morgan fingerprint density at radius 3 is 2.50 bits per heavy atom. The maximum Gasteiger partial charge on any atom is 0.230 e. The molecule has 1 N–H and O–H groups in total. The van der Waals surface area contributed by atoms with Crippen molar-refractivity contribution in [1.29, 1.82) is 0 Å². The molecule has 1 aliphatic rings. The van der Waals surface area contributed by atoms with Crippen molar-refractivity contribution in [3.05, 3.63) is 41.6 Å². The predicted molar refractivity (Wildman–Crippen MR) is 92.8 cm³/mol. The Hall–Kier alpha value is -1.88. The number of piperidine rings is 1. The maximum absolute atomic E-state index is 9.33. The van der Waals surface area contributed by atoms with Gasteiger partial charge < -0.3 is 9.52 Å². The van der Waals surface area contributed by atoms with Gasteiger partial charge in [0.2, 0.25) is 11.8 Å². The molecule has 0 amide bonds. The molecule has 0 bridgehead atoms. The summed E-state index contributed by atoms with van der Waals surface area (Å²) >= 11 is 0. The number of aromatic hydroxyl groups is 1. The van der Waals surface area contributed by atoms with E-state index in [1.807, 2.05) is 12.1 Å². The van der Waals surface area contributed by atoms with Crippen LogP contribution in [0.25, 0.3) is 0 Å². The number of phenolic OH excluding ortho intramolecular Hbond substituents is 1. The minimum absolute atomic E-state index is 0.289. The molecular formula is C19H27N3O2. The molecule has 5 heteroatoms. The monoisotopic (exact) mass is 329 g/mol. The summed E-state index contributed by atoms with van der Waals surface area (Å²) in [6.45, 7) is 7.09. The summed E-state index contributed by atoms with van der Waals surface area (Å²) in [5, 5.41) is 17.6. The Morgan fingerprint density at radius 2 is 1.88 bits per heavy atom. The number of rotatable bonds is 6. The van der Waals surface area contributed by atoms with Crippen molar-refractivity contribution in [2.75, 3.05) is 13.1 Å². The molecule has 0 radical (unpaired) electrons. The van der Waals surface area contributed by atoms with Crippen molar-refractivity contribution in [3.8, 4) is 5.75 Å². The molecule has 3 rings (SSSR count). The second kappa shape index (κ2) is 7.79. The van der Waals surface area contributed by atoms with Crippen molar-refractivity contribution >= 4 is 0 Å². The van der Waals surface area contributed by atoms with Crippen molar-refractivity contribution in [1.82, 2.24) is 15.1 Å². The van der Waals surface area contributed by atoms with Gasteiger partial charge in [0.1, 0.15) is 5.75 Å².